The van der Waals surface area contributed by atoms with Crippen LogP contribution in [-0.4, -0.2) is 20.3 Å². The molecular formula is C20H14FN5O2. The molecule has 0 bridgehead atoms. The zero-order valence-electron chi connectivity index (χ0n) is 14.5. The van der Waals surface area contributed by atoms with E-state index in [0.717, 1.165) is 27.8 Å². The number of aromatic hydroxyl groups is 1. The Labute approximate surface area is 158 Å². The van der Waals surface area contributed by atoms with Gasteiger partial charge in [-0.25, -0.2) is 4.39 Å². The van der Waals surface area contributed by atoms with Crippen LogP contribution in [0.1, 0.15) is 22.9 Å². The first-order valence-electron chi connectivity index (χ1n) is 8.67. The standard InChI is InChI=1S/C20H14FN5O2/c21-13-7-10(5-6-16(13)27)19-12-8-22-20-18(12)17(15(9-23-28)25-26-20)11-3-1-2-4-14(11)24-19/h1-8,19,24,27H,9H2,(H,22,26). The summed E-state index contributed by atoms with van der Waals surface area (Å²) in [6.07, 6.45) is 1.80. The number of anilines is 1. The number of fused-ring (bicyclic) bond motifs is 2. The first kappa shape index (κ1) is 16.4. The van der Waals surface area contributed by atoms with Gasteiger partial charge < -0.3 is 15.4 Å². The number of halogens is 1. The lowest BCUT2D eigenvalue weighted by atomic mass is 9.95. The molecule has 8 heteroatoms. The lowest BCUT2D eigenvalue weighted by Crippen LogP contribution is -2.11. The van der Waals surface area contributed by atoms with Crippen LogP contribution in [0.3, 0.4) is 0 Å². The number of hydrogen-bond acceptors (Lipinski definition) is 6. The highest BCUT2D eigenvalue weighted by Gasteiger charge is 2.28. The normalized spacial score (nSPS) is 15.0. The number of phenolic OH excluding ortho intramolecular Hbond substituents is 1. The predicted molar refractivity (Wildman–Crippen MR) is 102 cm³/mol. The van der Waals surface area contributed by atoms with Gasteiger partial charge in [0.05, 0.1) is 11.7 Å². The number of aromatic nitrogens is 3. The van der Waals surface area contributed by atoms with Crippen molar-refractivity contribution < 1.29 is 9.50 Å². The summed E-state index contributed by atoms with van der Waals surface area (Å²) in [5.41, 5.74) is 5.00. The number of nitroso groups, excluding NO2 is 1. The van der Waals surface area contributed by atoms with Gasteiger partial charge >= 0.3 is 0 Å². The SMILES string of the molecule is O=NCc1nnc2[nH]cc3c2c1-c1ccccc1NC3c1ccc(O)c(F)c1. The number of phenols is 1. The number of rotatable bonds is 3. The maximum atomic E-state index is 14.1. The average molecular weight is 375 g/mol. The molecule has 5 rings (SSSR count). The van der Waals surface area contributed by atoms with Gasteiger partial charge in [0.1, 0.15) is 6.54 Å². The first-order valence-corrected chi connectivity index (χ1v) is 8.67. The fourth-order valence-electron chi connectivity index (χ4n) is 3.79. The van der Waals surface area contributed by atoms with E-state index in [4.69, 9.17) is 0 Å². The molecule has 1 aliphatic rings. The van der Waals surface area contributed by atoms with Crippen LogP contribution in [0, 0.1) is 10.7 Å². The van der Waals surface area contributed by atoms with Crippen LogP contribution in [-0.2, 0) is 6.54 Å². The van der Waals surface area contributed by atoms with E-state index in [9.17, 15) is 14.4 Å². The summed E-state index contributed by atoms with van der Waals surface area (Å²) in [4.78, 5) is 14.1. The molecule has 0 saturated heterocycles. The Morgan fingerprint density at radius 3 is 2.86 bits per heavy atom. The molecule has 0 radical (unpaired) electrons. The molecule has 0 spiro atoms. The third kappa shape index (κ3) is 2.34. The summed E-state index contributed by atoms with van der Waals surface area (Å²) in [7, 11) is 0. The summed E-state index contributed by atoms with van der Waals surface area (Å²) in [5, 5.41) is 25.2. The molecule has 1 atom stereocenters. The summed E-state index contributed by atoms with van der Waals surface area (Å²) in [6, 6.07) is 11.6. The molecule has 0 amide bonds. The Kier molecular flexibility index (Phi) is 3.58. The molecule has 4 aromatic rings. The van der Waals surface area contributed by atoms with Crippen LogP contribution in [0.2, 0.25) is 0 Å². The Morgan fingerprint density at radius 1 is 1.18 bits per heavy atom. The fraction of sp³-hybridized carbons (Fsp3) is 0.100. The van der Waals surface area contributed by atoms with Crippen LogP contribution >= 0.6 is 0 Å². The molecule has 28 heavy (non-hydrogen) atoms. The van der Waals surface area contributed by atoms with E-state index < -0.39 is 17.6 Å². The van der Waals surface area contributed by atoms with Gasteiger partial charge in [0, 0.05) is 34.0 Å². The number of hydrogen-bond donors (Lipinski definition) is 3. The summed E-state index contributed by atoms with van der Waals surface area (Å²) >= 11 is 0. The first-order chi connectivity index (χ1) is 13.7. The molecule has 3 N–H and O–H groups in total. The largest absolute Gasteiger partial charge is 0.505 e. The highest BCUT2D eigenvalue weighted by molar-refractivity contribution is 6.02. The van der Waals surface area contributed by atoms with Crippen LogP contribution in [0.15, 0.2) is 53.8 Å². The zero-order chi connectivity index (χ0) is 19.3. The van der Waals surface area contributed by atoms with Crippen LogP contribution in [0.5, 0.6) is 5.75 Å². The van der Waals surface area contributed by atoms with E-state index in [1.165, 1.54) is 12.1 Å². The monoisotopic (exact) mass is 375 g/mol. The highest BCUT2D eigenvalue weighted by atomic mass is 19.1. The Balaban J connectivity index is 1.85. The quantitative estimate of drug-likeness (QED) is 0.465. The maximum Gasteiger partial charge on any atom is 0.165 e. The second-order valence-corrected chi connectivity index (χ2v) is 6.61. The van der Waals surface area contributed by atoms with Crippen molar-refractivity contribution in [2.45, 2.75) is 12.6 Å². The van der Waals surface area contributed by atoms with E-state index in [1.807, 2.05) is 24.3 Å². The highest BCUT2D eigenvalue weighted by Crippen LogP contribution is 2.44. The zero-order valence-corrected chi connectivity index (χ0v) is 14.5. The summed E-state index contributed by atoms with van der Waals surface area (Å²) < 4.78 is 14.1. The minimum absolute atomic E-state index is 0.101. The van der Waals surface area contributed by atoms with Crippen molar-refractivity contribution in [1.82, 2.24) is 15.2 Å². The lowest BCUT2D eigenvalue weighted by Gasteiger charge is -2.19. The lowest BCUT2D eigenvalue weighted by molar-refractivity contribution is 0.431. The Hall–Kier alpha value is -3.81. The smallest absolute Gasteiger partial charge is 0.165 e. The second kappa shape index (κ2) is 6.12. The number of para-hydroxylation sites is 1. The molecule has 2 aromatic carbocycles. The predicted octanol–water partition coefficient (Wildman–Crippen LogP) is 4.25. The minimum atomic E-state index is -0.692. The third-order valence-electron chi connectivity index (χ3n) is 5.03. The van der Waals surface area contributed by atoms with Crippen LogP contribution in [0.25, 0.3) is 22.2 Å². The minimum Gasteiger partial charge on any atom is -0.505 e. The second-order valence-electron chi connectivity index (χ2n) is 6.61. The molecular weight excluding hydrogens is 361 g/mol. The van der Waals surface area contributed by atoms with Gasteiger partial charge in [-0.15, -0.1) is 5.10 Å². The fourth-order valence-corrected chi connectivity index (χ4v) is 3.79. The summed E-state index contributed by atoms with van der Waals surface area (Å²) in [5.74, 6) is -1.09. The Bertz CT molecular complexity index is 1240. The van der Waals surface area contributed by atoms with Gasteiger partial charge in [-0.1, -0.05) is 29.4 Å². The topological polar surface area (TPSA) is 103 Å². The van der Waals surface area contributed by atoms with Crippen molar-refractivity contribution in [3.63, 3.8) is 0 Å². The van der Waals surface area contributed by atoms with Crippen molar-refractivity contribution in [3.8, 4) is 16.9 Å². The Morgan fingerprint density at radius 2 is 2.04 bits per heavy atom. The molecule has 0 fully saturated rings. The van der Waals surface area contributed by atoms with Gasteiger partial charge in [-0.3, -0.25) is 0 Å². The maximum absolute atomic E-state index is 14.1. The summed E-state index contributed by atoms with van der Waals surface area (Å²) in [6.45, 7) is -0.101. The van der Waals surface area contributed by atoms with Gasteiger partial charge in [0.15, 0.2) is 17.2 Å². The average Bonchev–Trinajstić information content (AvgIpc) is 3.06. The molecule has 138 valence electrons. The van der Waals surface area contributed by atoms with Crippen LogP contribution < -0.4 is 5.32 Å². The van der Waals surface area contributed by atoms with E-state index in [2.05, 4.69) is 25.7 Å². The molecule has 0 saturated carbocycles. The van der Waals surface area contributed by atoms with Crippen molar-refractivity contribution >= 4 is 16.7 Å². The van der Waals surface area contributed by atoms with Crippen molar-refractivity contribution in [2.24, 2.45) is 5.18 Å². The van der Waals surface area contributed by atoms with E-state index in [0.29, 0.717) is 16.9 Å². The van der Waals surface area contributed by atoms with Crippen LogP contribution in [0.4, 0.5) is 10.1 Å². The molecule has 0 aliphatic carbocycles. The van der Waals surface area contributed by atoms with E-state index in [-0.39, 0.29) is 6.54 Å². The van der Waals surface area contributed by atoms with Crippen molar-refractivity contribution in [2.75, 3.05) is 5.32 Å². The molecule has 2 aromatic heterocycles. The number of nitrogens with zero attached hydrogens (tertiary/aromatic N) is 3. The van der Waals surface area contributed by atoms with Gasteiger partial charge in [-0.05, 0) is 23.8 Å². The number of aromatic amines is 1. The number of nitrogens with one attached hydrogen (secondary N) is 2. The molecule has 1 aliphatic heterocycles. The third-order valence-corrected chi connectivity index (χ3v) is 5.03. The van der Waals surface area contributed by atoms with Crippen molar-refractivity contribution in [1.29, 1.82) is 0 Å². The molecule has 1 unspecified atom stereocenters. The molecule has 3 heterocycles. The molecule has 7 nitrogen and oxygen atoms in total. The van der Waals surface area contributed by atoms with Gasteiger partial charge in [-0.2, -0.15) is 10.0 Å². The number of benzene rings is 2. The van der Waals surface area contributed by atoms with E-state index in [1.54, 1.807) is 12.3 Å². The van der Waals surface area contributed by atoms with Gasteiger partial charge in [0.25, 0.3) is 0 Å². The van der Waals surface area contributed by atoms with E-state index >= 15 is 0 Å². The van der Waals surface area contributed by atoms with Crippen molar-refractivity contribution in [3.05, 3.63) is 76.2 Å². The number of H-pyrrole nitrogens is 1. The van der Waals surface area contributed by atoms with Gasteiger partial charge in [0.2, 0.25) is 0 Å².